The van der Waals surface area contributed by atoms with Crippen molar-refractivity contribution in [3.05, 3.63) is 47.0 Å². The smallest absolute Gasteiger partial charge is 0.356 e. The normalized spacial score (nSPS) is 10.7. The van der Waals surface area contributed by atoms with Crippen molar-refractivity contribution in [2.45, 2.75) is 6.92 Å². The van der Waals surface area contributed by atoms with Crippen LogP contribution in [0, 0.1) is 24.4 Å². The largest absolute Gasteiger partial charge is 0.476 e. The summed E-state index contributed by atoms with van der Waals surface area (Å²) in [7, 11) is 0. The minimum Gasteiger partial charge on any atom is -0.476 e. The molecule has 0 aliphatic carbocycles. The predicted octanol–water partition coefficient (Wildman–Crippen LogP) is 2.30. The lowest BCUT2D eigenvalue weighted by Gasteiger charge is -2.02. The number of halogens is 3. The van der Waals surface area contributed by atoms with Gasteiger partial charge in [-0.15, -0.1) is 0 Å². The topological polar surface area (TPSA) is 55.1 Å². The monoisotopic (exact) mass is 256 g/mol. The highest BCUT2D eigenvalue weighted by Gasteiger charge is 2.16. The average Bonchev–Trinajstić information content (AvgIpc) is 2.67. The van der Waals surface area contributed by atoms with E-state index in [1.54, 1.807) is 0 Å². The first-order chi connectivity index (χ1) is 8.40. The van der Waals surface area contributed by atoms with Crippen molar-refractivity contribution >= 4 is 5.97 Å². The summed E-state index contributed by atoms with van der Waals surface area (Å²) < 4.78 is 39.8. The Kier molecular flexibility index (Phi) is 2.82. The maximum atomic E-state index is 13.0. The average molecular weight is 256 g/mol. The zero-order valence-electron chi connectivity index (χ0n) is 9.12. The van der Waals surface area contributed by atoms with Gasteiger partial charge < -0.3 is 5.11 Å². The second-order valence-corrected chi connectivity index (χ2v) is 3.63. The third-order valence-corrected chi connectivity index (χ3v) is 2.33. The fraction of sp³-hybridized carbons (Fsp3) is 0.0909. The molecule has 0 spiro atoms. The molecule has 0 amide bonds. The lowest BCUT2D eigenvalue weighted by molar-refractivity contribution is 0.0689. The minimum atomic E-state index is -1.58. The first-order valence-electron chi connectivity index (χ1n) is 4.84. The molecule has 2 rings (SSSR count). The number of carboxylic acid groups (broad SMARTS) is 1. The molecule has 2 aromatic rings. The van der Waals surface area contributed by atoms with Gasteiger partial charge in [0.05, 0.1) is 5.69 Å². The molecule has 0 atom stereocenters. The summed E-state index contributed by atoms with van der Waals surface area (Å²) in [6.45, 7) is 1.49. The quantitative estimate of drug-likeness (QED) is 0.839. The summed E-state index contributed by atoms with van der Waals surface area (Å²) in [5, 5.41) is 12.4. The van der Waals surface area contributed by atoms with Crippen LogP contribution in [-0.2, 0) is 0 Å². The van der Waals surface area contributed by atoms with Crippen LogP contribution in [0.1, 0.15) is 16.1 Å². The summed E-state index contributed by atoms with van der Waals surface area (Å²) in [6, 6.07) is 1.47. The summed E-state index contributed by atoms with van der Waals surface area (Å²) in [5.74, 6) is -5.57. The molecule has 0 saturated carbocycles. The highest BCUT2D eigenvalue weighted by atomic mass is 19.2. The number of hydrogen-bond acceptors (Lipinski definition) is 2. The summed E-state index contributed by atoms with van der Waals surface area (Å²) in [4.78, 5) is 10.8. The van der Waals surface area contributed by atoms with Gasteiger partial charge in [-0.05, 0) is 6.92 Å². The van der Waals surface area contributed by atoms with E-state index >= 15 is 0 Å². The van der Waals surface area contributed by atoms with E-state index in [1.807, 2.05) is 0 Å². The Bertz CT molecular complexity index is 614. The van der Waals surface area contributed by atoms with E-state index < -0.39 is 23.4 Å². The van der Waals surface area contributed by atoms with Gasteiger partial charge in [-0.1, -0.05) is 0 Å². The molecule has 1 aromatic carbocycles. The Labute approximate surface area is 99.3 Å². The van der Waals surface area contributed by atoms with Gasteiger partial charge in [-0.2, -0.15) is 5.10 Å². The molecule has 4 nitrogen and oxygen atoms in total. The number of aromatic carboxylic acids is 1. The van der Waals surface area contributed by atoms with E-state index in [-0.39, 0.29) is 11.4 Å². The van der Waals surface area contributed by atoms with E-state index in [9.17, 15) is 18.0 Å². The SMILES string of the molecule is Cc1cn(-c2cc(F)c(F)c(F)c2)nc1C(=O)O. The van der Waals surface area contributed by atoms with Crippen molar-refractivity contribution in [3.63, 3.8) is 0 Å². The molecule has 0 bridgehead atoms. The van der Waals surface area contributed by atoms with E-state index in [0.29, 0.717) is 5.56 Å². The van der Waals surface area contributed by atoms with Crippen LogP contribution >= 0.6 is 0 Å². The van der Waals surface area contributed by atoms with E-state index in [2.05, 4.69) is 5.10 Å². The van der Waals surface area contributed by atoms with Gasteiger partial charge in [0.15, 0.2) is 23.1 Å². The highest BCUT2D eigenvalue weighted by Crippen LogP contribution is 2.18. The molecule has 1 aromatic heterocycles. The Balaban J connectivity index is 2.56. The van der Waals surface area contributed by atoms with Gasteiger partial charge >= 0.3 is 5.97 Å². The predicted molar refractivity (Wildman–Crippen MR) is 55.1 cm³/mol. The Hall–Kier alpha value is -2.31. The van der Waals surface area contributed by atoms with Gasteiger partial charge in [-0.3, -0.25) is 0 Å². The third kappa shape index (κ3) is 1.94. The van der Waals surface area contributed by atoms with Crippen LogP contribution in [0.5, 0.6) is 0 Å². The van der Waals surface area contributed by atoms with Crippen molar-refractivity contribution in [1.82, 2.24) is 9.78 Å². The summed E-state index contributed by atoms with van der Waals surface area (Å²) in [5.41, 5.74) is -0.00483. The molecule has 7 heteroatoms. The third-order valence-electron chi connectivity index (χ3n) is 2.33. The van der Waals surface area contributed by atoms with Gasteiger partial charge in [0.1, 0.15) is 0 Å². The van der Waals surface area contributed by atoms with Crippen molar-refractivity contribution in [1.29, 1.82) is 0 Å². The number of aryl methyl sites for hydroxylation is 1. The molecular formula is C11H7F3N2O2. The van der Waals surface area contributed by atoms with Crippen molar-refractivity contribution in [2.75, 3.05) is 0 Å². The molecule has 0 fully saturated rings. The summed E-state index contributed by atoms with van der Waals surface area (Å²) in [6.07, 6.45) is 1.29. The molecule has 0 saturated heterocycles. The van der Waals surface area contributed by atoms with Crippen LogP contribution in [0.25, 0.3) is 5.69 Å². The first kappa shape index (κ1) is 12.2. The van der Waals surface area contributed by atoms with Crippen LogP contribution in [0.3, 0.4) is 0 Å². The molecule has 0 aliphatic rings. The maximum absolute atomic E-state index is 13.0. The Morgan fingerprint density at radius 2 is 1.83 bits per heavy atom. The van der Waals surface area contributed by atoms with Gasteiger partial charge in [-0.25, -0.2) is 22.6 Å². The molecule has 0 radical (unpaired) electrons. The Morgan fingerprint density at radius 1 is 1.28 bits per heavy atom. The highest BCUT2D eigenvalue weighted by molar-refractivity contribution is 5.86. The van der Waals surface area contributed by atoms with Crippen LogP contribution in [0.4, 0.5) is 13.2 Å². The second kappa shape index (κ2) is 4.17. The number of rotatable bonds is 2. The molecule has 1 heterocycles. The standard InChI is InChI=1S/C11H7F3N2O2/c1-5-4-16(15-10(5)11(17)18)6-2-7(12)9(14)8(13)3-6/h2-4H,1H3,(H,17,18). The number of carbonyl (C=O) groups is 1. The number of benzene rings is 1. The molecule has 1 N–H and O–H groups in total. The number of hydrogen-bond donors (Lipinski definition) is 1. The molecular weight excluding hydrogens is 249 g/mol. The molecule has 0 aliphatic heterocycles. The van der Waals surface area contributed by atoms with Crippen LogP contribution in [0.15, 0.2) is 18.3 Å². The maximum Gasteiger partial charge on any atom is 0.356 e. The van der Waals surface area contributed by atoms with Crippen LogP contribution < -0.4 is 0 Å². The minimum absolute atomic E-state index is 0.0954. The first-order valence-corrected chi connectivity index (χ1v) is 4.84. The second-order valence-electron chi connectivity index (χ2n) is 3.63. The Morgan fingerprint density at radius 3 is 2.28 bits per heavy atom. The van der Waals surface area contributed by atoms with E-state index in [0.717, 1.165) is 16.8 Å². The van der Waals surface area contributed by atoms with Gasteiger partial charge in [0.2, 0.25) is 0 Å². The van der Waals surface area contributed by atoms with Crippen molar-refractivity contribution < 1.29 is 23.1 Å². The lowest BCUT2D eigenvalue weighted by Crippen LogP contribution is -2.03. The van der Waals surface area contributed by atoms with Crippen molar-refractivity contribution in [2.24, 2.45) is 0 Å². The summed E-state index contributed by atoms with van der Waals surface area (Å²) >= 11 is 0. The zero-order valence-corrected chi connectivity index (χ0v) is 9.12. The number of nitrogens with zero attached hydrogens (tertiary/aromatic N) is 2. The fourth-order valence-corrected chi connectivity index (χ4v) is 1.48. The van der Waals surface area contributed by atoms with Crippen molar-refractivity contribution in [3.8, 4) is 5.69 Å². The molecule has 0 unspecified atom stereocenters. The van der Waals surface area contributed by atoms with Crippen LogP contribution in [-0.4, -0.2) is 20.9 Å². The van der Waals surface area contributed by atoms with E-state index in [1.165, 1.54) is 13.1 Å². The lowest BCUT2D eigenvalue weighted by atomic mass is 10.3. The molecule has 18 heavy (non-hydrogen) atoms. The fourth-order valence-electron chi connectivity index (χ4n) is 1.48. The molecule has 94 valence electrons. The number of carboxylic acids is 1. The van der Waals surface area contributed by atoms with Gasteiger partial charge in [0.25, 0.3) is 0 Å². The van der Waals surface area contributed by atoms with E-state index in [4.69, 9.17) is 5.11 Å². The number of aromatic nitrogens is 2. The zero-order chi connectivity index (χ0) is 13.4. The van der Waals surface area contributed by atoms with Crippen LogP contribution in [0.2, 0.25) is 0 Å². The van der Waals surface area contributed by atoms with Gasteiger partial charge in [0, 0.05) is 23.9 Å².